The Morgan fingerprint density at radius 3 is 2.37 bits per heavy atom. The maximum atomic E-state index is 13.1. The number of rotatable bonds is 3. The van der Waals surface area contributed by atoms with Gasteiger partial charge < -0.3 is 10.1 Å². The molecule has 3 aromatic rings. The normalized spacial score (nSPS) is 18.1. The van der Waals surface area contributed by atoms with E-state index in [1.54, 1.807) is 0 Å². The van der Waals surface area contributed by atoms with E-state index >= 15 is 0 Å². The van der Waals surface area contributed by atoms with Gasteiger partial charge in [0.15, 0.2) is 5.78 Å². The fraction of sp³-hybridized carbons (Fsp3) is 0.292. The molecule has 2 aromatic carbocycles. The number of hydrogen-bond acceptors (Lipinski definition) is 2. The summed E-state index contributed by atoms with van der Waals surface area (Å²) < 4.78 is 0. The van der Waals surface area contributed by atoms with Gasteiger partial charge in [-0.15, -0.1) is 0 Å². The SMILES string of the molecule is Cc1[nH]c2ccccc2c1C(C1=C(O)CC(C)(C)CC1=O)c1ccccc1. The van der Waals surface area contributed by atoms with Gasteiger partial charge in [-0.25, -0.2) is 0 Å². The van der Waals surface area contributed by atoms with Crippen molar-refractivity contribution < 1.29 is 9.90 Å². The monoisotopic (exact) mass is 359 g/mol. The molecule has 1 aromatic heterocycles. The van der Waals surface area contributed by atoms with Gasteiger partial charge in [0.25, 0.3) is 0 Å². The molecule has 1 aliphatic carbocycles. The van der Waals surface area contributed by atoms with Crippen molar-refractivity contribution in [2.75, 3.05) is 0 Å². The Morgan fingerprint density at radius 1 is 1.00 bits per heavy atom. The molecule has 27 heavy (non-hydrogen) atoms. The second-order valence-electron chi connectivity index (χ2n) is 8.35. The molecule has 0 saturated heterocycles. The lowest BCUT2D eigenvalue weighted by atomic mass is 9.71. The smallest absolute Gasteiger partial charge is 0.163 e. The van der Waals surface area contributed by atoms with Crippen LogP contribution < -0.4 is 0 Å². The molecule has 0 fully saturated rings. The standard InChI is InChI=1S/C24H25NO2/c1-15-21(17-11-7-8-12-18(17)25-15)22(16-9-5-4-6-10-16)23-19(26)13-24(2,3)14-20(23)27/h4-12,22,25-26H,13-14H2,1-3H3. The van der Waals surface area contributed by atoms with E-state index < -0.39 is 0 Å². The number of H-pyrrole nitrogens is 1. The van der Waals surface area contributed by atoms with E-state index in [1.165, 1.54) is 0 Å². The molecule has 138 valence electrons. The van der Waals surface area contributed by atoms with Crippen molar-refractivity contribution in [3.8, 4) is 0 Å². The van der Waals surface area contributed by atoms with Gasteiger partial charge in [-0.3, -0.25) is 4.79 Å². The molecular formula is C24H25NO2. The minimum Gasteiger partial charge on any atom is -0.512 e. The Morgan fingerprint density at radius 2 is 1.67 bits per heavy atom. The average Bonchev–Trinajstić information content (AvgIpc) is 2.93. The number of benzene rings is 2. The lowest BCUT2D eigenvalue weighted by Crippen LogP contribution is -2.29. The first-order valence-electron chi connectivity index (χ1n) is 9.45. The van der Waals surface area contributed by atoms with Gasteiger partial charge in [-0.1, -0.05) is 62.4 Å². The molecule has 1 aliphatic rings. The van der Waals surface area contributed by atoms with Gasteiger partial charge in [0, 0.05) is 40.9 Å². The van der Waals surface area contributed by atoms with Gasteiger partial charge in [0.2, 0.25) is 0 Å². The highest BCUT2D eigenvalue weighted by Crippen LogP contribution is 2.45. The third-order valence-electron chi connectivity index (χ3n) is 5.55. The third kappa shape index (κ3) is 3.08. The van der Waals surface area contributed by atoms with E-state index in [0.717, 1.165) is 27.7 Å². The summed E-state index contributed by atoms with van der Waals surface area (Å²) in [4.78, 5) is 16.6. The highest BCUT2D eigenvalue weighted by molar-refractivity contribution is 6.01. The molecule has 1 unspecified atom stereocenters. The molecule has 0 aliphatic heterocycles. The number of ketones is 1. The zero-order chi connectivity index (χ0) is 19.2. The zero-order valence-corrected chi connectivity index (χ0v) is 16.0. The number of aliphatic hydroxyl groups excluding tert-OH is 1. The number of carbonyl (C=O) groups is 1. The molecule has 0 amide bonds. The lowest BCUT2D eigenvalue weighted by molar-refractivity contribution is -0.118. The fourth-order valence-corrected chi connectivity index (χ4v) is 4.42. The van der Waals surface area contributed by atoms with E-state index in [0.29, 0.717) is 18.4 Å². The summed E-state index contributed by atoms with van der Waals surface area (Å²) in [5, 5.41) is 12.0. The van der Waals surface area contributed by atoms with E-state index in [2.05, 4.69) is 11.1 Å². The first kappa shape index (κ1) is 17.6. The number of allylic oxidation sites excluding steroid dienone is 2. The summed E-state index contributed by atoms with van der Waals surface area (Å²) in [5.41, 5.74) is 4.53. The van der Waals surface area contributed by atoms with Crippen LogP contribution in [0.4, 0.5) is 0 Å². The topological polar surface area (TPSA) is 53.1 Å². The highest BCUT2D eigenvalue weighted by atomic mass is 16.3. The Hall–Kier alpha value is -2.81. The van der Waals surface area contributed by atoms with Crippen molar-refractivity contribution in [2.45, 2.75) is 39.5 Å². The van der Waals surface area contributed by atoms with Crippen LogP contribution in [0.25, 0.3) is 10.9 Å². The van der Waals surface area contributed by atoms with Gasteiger partial charge >= 0.3 is 0 Å². The number of para-hydroxylation sites is 1. The molecular weight excluding hydrogens is 334 g/mol. The number of aromatic nitrogens is 1. The number of aryl methyl sites for hydroxylation is 1. The van der Waals surface area contributed by atoms with E-state index in [4.69, 9.17) is 0 Å². The average molecular weight is 359 g/mol. The first-order valence-corrected chi connectivity index (χ1v) is 9.45. The van der Waals surface area contributed by atoms with Crippen LogP contribution in [0.2, 0.25) is 0 Å². The Labute approximate surface area is 159 Å². The lowest BCUT2D eigenvalue weighted by Gasteiger charge is -2.33. The maximum Gasteiger partial charge on any atom is 0.163 e. The van der Waals surface area contributed by atoms with Crippen LogP contribution in [-0.2, 0) is 4.79 Å². The van der Waals surface area contributed by atoms with Crippen LogP contribution in [0.3, 0.4) is 0 Å². The van der Waals surface area contributed by atoms with Crippen LogP contribution in [-0.4, -0.2) is 15.9 Å². The van der Waals surface area contributed by atoms with Gasteiger partial charge in [-0.05, 0) is 29.5 Å². The number of fused-ring (bicyclic) bond motifs is 1. The second-order valence-corrected chi connectivity index (χ2v) is 8.35. The molecule has 4 rings (SSSR count). The minimum absolute atomic E-state index is 0.0438. The maximum absolute atomic E-state index is 13.1. The summed E-state index contributed by atoms with van der Waals surface area (Å²) >= 11 is 0. The molecule has 0 spiro atoms. The molecule has 2 N–H and O–H groups in total. The van der Waals surface area contributed by atoms with E-state index in [9.17, 15) is 9.90 Å². The molecule has 1 heterocycles. The van der Waals surface area contributed by atoms with Gasteiger partial charge in [0.05, 0.1) is 0 Å². The minimum atomic E-state index is -0.272. The van der Waals surface area contributed by atoms with Crippen LogP contribution in [0.15, 0.2) is 65.9 Å². The van der Waals surface area contributed by atoms with E-state index in [-0.39, 0.29) is 22.9 Å². The summed E-state index contributed by atoms with van der Waals surface area (Å²) in [6.07, 6.45) is 0.982. The number of Topliss-reactive ketones (excluding diaryl/α,β-unsaturated/α-hetero) is 1. The van der Waals surface area contributed by atoms with Crippen molar-refractivity contribution in [3.05, 3.63) is 82.8 Å². The van der Waals surface area contributed by atoms with Crippen molar-refractivity contribution in [2.24, 2.45) is 5.41 Å². The second kappa shape index (κ2) is 6.41. The summed E-state index contributed by atoms with van der Waals surface area (Å²) in [6, 6.07) is 18.2. The largest absolute Gasteiger partial charge is 0.512 e. The predicted molar refractivity (Wildman–Crippen MR) is 109 cm³/mol. The molecule has 1 atom stereocenters. The zero-order valence-electron chi connectivity index (χ0n) is 16.0. The quantitative estimate of drug-likeness (QED) is 0.620. The summed E-state index contributed by atoms with van der Waals surface area (Å²) in [7, 11) is 0. The molecule has 0 radical (unpaired) electrons. The van der Waals surface area contributed by atoms with Crippen molar-refractivity contribution >= 4 is 16.7 Å². The Balaban J connectivity index is 1.99. The van der Waals surface area contributed by atoms with Crippen molar-refractivity contribution in [3.63, 3.8) is 0 Å². The molecule has 3 heteroatoms. The number of aromatic amines is 1. The molecule has 0 bridgehead atoms. The number of carbonyl (C=O) groups excluding carboxylic acids is 1. The van der Waals surface area contributed by atoms with Gasteiger partial charge in [-0.2, -0.15) is 0 Å². The predicted octanol–water partition coefficient (Wildman–Crippen LogP) is 5.81. The summed E-state index contributed by atoms with van der Waals surface area (Å²) in [5.74, 6) is 0.00279. The number of aliphatic hydroxyl groups is 1. The van der Waals surface area contributed by atoms with Crippen LogP contribution in [0.5, 0.6) is 0 Å². The summed E-state index contributed by atoms with van der Waals surface area (Å²) in [6.45, 7) is 6.11. The molecule has 3 nitrogen and oxygen atoms in total. The first-order chi connectivity index (χ1) is 12.9. The Bertz CT molecular complexity index is 1040. The van der Waals surface area contributed by atoms with Crippen LogP contribution in [0.1, 0.15) is 49.4 Å². The fourth-order valence-electron chi connectivity index (χ4n) is 4.42. The third-order valence-corrected chi connectivity index (χ3v) is 5.55. The van der Waals surface area contributed by atoms with Crippen LogP contribution >= 0.6 is 0 Å². The molecule has 0 saturated carbocycles. The number of hydrogen-bond donors (Lipinski definition) is 2. The van der Waals surface area contributed by atoms with Gasteiger partial charge in [0.1, 0.15) is 5.76 Å². The van der Waals surface area contributed by atoms with Crippen molar-refractivity contribution in [1.29, 1.82) is 0 Å². The number of nitrogens with one attached hydrogen (secondary N) is 1. The van der Waals surface area contributed by atoms with Crippen molar-refractivity contribution in [1.82, 2.24) is 4.98 Å². The highest BCUT2D eigenvalue weighted by Gasteiger charge is 2.38. The van der Waals surface area contributed by atoms with Crippen LogP contribution in [0, 0.1) is 12.3 Å². The Kier molecular flexibility index (Phi) is 4.18. The van der Waals surface area contributed by atoms with E-state index in [1.807, 2.05) is 69.3 Å².